The highest BCUT2D eigenvalue weighted by molar-refractivity contribution is 5.85. The number of hydrogen-bond acceptors (Lipinski definition) is 2. The molecule has 0 radical (unpaired) electrons. The molecule has 0 aromatic heterocycles. The quantitative estimate of drug-likeness (QED) is 0.875. The average Bonchev–Trinajstić information content (AvgIpc) is 2.51. The second-order valence-corrected chi connectivity index (χ2v) is 6.78. The van der Waals surface area contributed by atoms with Crippen LogP contribution in [0, 0.1) is 11.3 Å². The molecule has 1 aliphatic heterocycles. The van der Waals surface area contributed by atoms with Gasteiger partial charge in [-0.1, -0.05) is 36.8 Å². The average molecular weight is 323 g/mol. The Morgan fingerprint density at radius 2 is 2.00 bits per heavy atom. The molecule has 0 spiro atoms. The van der Waals surface area contributed by atoms with E-state index in [1.54, 1.807) is 0 Å². The van der Waals surface area contributed by atoms with Crippen molar-refractivity contribution < 1.29 is 4.79 Å². The van der Waals surface area contributed by atoms with E-state index in [1.165, 1.54) is 24.8 Å². The minimum absolute atomic E-state index is 0. The summed E-state index contributed by atoms with van der Waals surface area (Å²) in [4.78, 5) is 12.3. The Hall–Kier alpha value is -1.06. The number of carbonyl (C=O) groups excluding carboxylic acids is 1. The van der Waals surface area contributed by atoms with Gasteiger partial charge in [0.25, 0.3) is 0 Å². The number of halogens is 1. The zero-order valence-corrected chi connectivity index (χ0v) is 14.0. The summed E-state index contributed by atoms with van der Waals surface area (Å²) in [6, 6.07) is 10.7. The normalized spacial score (nSPS) is 23.0. The van der Waals surface area contributed by atoms with E-state index in [0.29, 0.717) is 5.41 Å². The maximum Gasteiger partial charge on any atom is 0.224 e. The monoisotopic (exact) mass is 322 g/mol. The van der Waals surface area contributed by atoms with Crippen LogP contribution in [0.25, 0.3) is 0 Å². The van der Waals surface area contributed by atoms with Gasteiger partial charge in [-0.05, 0) is 49.6 Å². The topological polar surface area (TPSA) is 41.1 Å². The van der Waals surface area contributed by atoms with Gasteiger partial charge in [0, 0.05) is 13.1 Å². The molecule has 122 valence electrons. The van der Waals surface area contributed by atoms with E-state index in [0.717, 1.165) is 38.9 Å². The van der Waals surface area contributed by atoms with Crippen LogP contribution in [0.2, 0.25) is 0 Å². The van der Waals surface area contributed by atoms with Crippen molar-refractivity contribution in [3.63, 3.8) is 0 Å². The molecule has 2 aliphatic rings. The van der Waals surface area contributed by atoms with E-state index >= 15 is 0 Å². The highest BCUT2D eigenvalue weighted by atomic mass is 35.5. The fraction of sp³-hybridized carbons (Fsp3) is 0.611. The lowest BCUT2D eigenvalue weighted by molar-refractivity contribution is -0.126. The van der Waals surface area contributed by atoms with Crippen molar-refractivity contribution in [1.29, 1.82) is 0 Å². The first-order valence-corrected chi connectivity index (χ1v) is 8.30. The molecule has 2 N–H and O–H groups in total. The van der Waals surface area contributed by atoms with Gasteiger partial charge in [-0.25, -0.2) is 0 Å². The number of rotatable bonds is 5. The molecule has 1 atom stereocenters. The third-order valence-electron chi connectivity index (χ3n) is 5.14. The van der Waals surface area contributed by atoms with Gasteiger partial charge in [-0.3, -0.25) is 4.79 Å². The van der Waals surface area contributed by atoms with Crippen molar-refractivity contribution in [2.75, 3.05) is 19.6 Å². The Labute approximate surface area is 139 Å². The smallest absolute Gasteiger partial charge is 0.224 e. The molecule has 0 bridgehead atoms. The summed E-state index contributed by atoms with van der Waals surface area (Å²) in [5, 5.41) is 6.56. The molecule has 1 amide bonds. The Morgan fingerprint density at radius 3 is 2.59 bits per heavy atom. The van der Waals surface area contributed by atoms with Gasteiger partial charge in [0.1, 0.15) is 0 Å². The lowest BCUT2D eigenvalue weighted by Gasteiger charge is -2.42. The van der Waals surface area contributed by atoms with E-state index in [2.05, 4.69) is 41.0 Å². The minimum atomic E-state index is 0. The zero-order chi connectivity index (χ0) is 14.5. The summed E-state index contributed by atoms with van der Waals surface area (Å²) in [7, 11) is 0. The number of hydrogen-bond donors (Lipinski definition) is 2. The Bertz CT molecular complexity index is 467. The van der Waals surface area contributed by atoms with Gasteiger partial charge < -0.3 is 10.6 Å². The molecule has 1 aromatic carbocycles. The number of piperidine rings is 1. The van der Waals surface area contributed by atoms with E-state index < -0.39 is 0 Å². The molecule has 3 rings (SSSR count). The molecule has 1 heterocycles. The predicted molar refractivity (Wildman–Crippen MR) is 92.3 cm³/mol. The van der Waals surface area contributed by atoms with Crippen LogP contribution in [0.5, 0.6) is 0 Å². The third kappa shape index (κ3) is 4.23. The minimum Gasteiger partial charge on any atom is -0.355 e. The first-order chi connectivity index (χ1) is 10.3. The molecular weight excluding hydrogens is 296 g/mol. The zero-order valence-electron chi connectivity index (χ0n) is 13.1. The lowest BCUT2D eigenvalue weighted by Crippen LogP contribution is -2.47. The Morgan fingerprint density at radius 1 is 1.23 bits per heavy atom. The maximum atomic E-state index is 12.3. The summed E-state index contributed by atoms with van der Waals surface area (Å²) < 4.78 is 0. The SMILES string of the molecule is Cl.O=C(NCC1(Cc2ccccc2)CCC1)C1CCCNC1. The fourth-order valence-corrected chi connectivity index (χ4v) is 3.62. The van der Waals surface area contributed by atoms with Gasteiger partial charge in [-0.2, -0.15) is 0 Å². The summed E-state index contributed by atoms with van der Waals surface area (Å²) in [6.45, 7) is 2.75. The van der Waals surface area contributed by atoms with Gasteiger partial charge in [0.05, 0.1) is 5.92 Å². The van der Waals surface area contributed by atoms with Crippen molar-refractivity contribution in [2.24, 2.45) is 11.3 Å². The van der Waals surface area contributed by atoms with Crippen molar-refractivity contribution in [3.8, 4) is 0 Å². The first-order valence-electron chi connectivity index (χ1n) is 8.30. The lowest BCUT2D eigenvalue weighted by atomic mass is 9.65. The van der Waals surface area contributed by atoms with Crippen molar-refractivity contribution in [2.45, 2.75) is 38.5 Å². The highest BCUT2D eigenvalue weighted by Gasteiger charge is 2.37. The molecule has 1 aliphatic carbocycles. The van der Waals surface area contributed by atoms with Crippen LogP contribution in [0.3, 0.4) is 0 Å². The summed E-state index contributed by atoms with van der Waals surface area (Å²) >= 11 is 0. The van der Waals surface area contributed by atoms with Crippen LogP contribution >= 0.6 is 12.4 Å². The van der Waals surface area contributed by atoms with E-state index in [4.69, 9.17) is 0 Å². The van der Waals surface area contributed by atoms with Crippen LogP contribution in [0.15, 0.2) is 30.3 Å². The molecule has 3 nitrogen and oxygen atoms in total. The van der Waals surface area contributed by atoms with Gasteiger partial charge in [0.15, 0.2) is 0 Å². The number of benzene rings is 1. The first kappa shape index (κ1) is 17.3. The maximum absolute atomic E-state index is 12.3. The largest absolute Gasteiger partial charge is 0.355 e. The second kappa shape index (κ2) is 7.98. The molecule has 22 heavy (non-hydrogen) atoms. The van der Waals surface area contributed by atoms with Gasteiger partial charge in [-0.15, -0.1) is 12.4 Å². The molecule has 1 saturated heterocycles. The molecule has 4 heteroatoms. The Kier molecular flexibility index (Phi) is 6.27. The van der Waals surface area contributed by atoms with Crippen LogP contribution in [-0.4, -0.2) is 25.5 Å². The van der Waals surface area contributed by atoms with Crippen molar-refractivity contribution >= 4 is 18.3 Å². The number of nitrogens with one attached hydrogen (secondary N) is 2. The molecule has 1 saturated carbocycles. The highest BCUT2D eigenvalue weighted by Crippen LogP contribution is 2.43. The molecular formula is C18H27ClN2O. The van der Waals surface area contributed by atoms with E-state index in [9.17, 15) is 4.79 Å². The van der Waals surface area contributed by atoms with Crippen LogP contribution in [-0.2, 0) is 11.2 Å². The summed E-state index contributed by atoms with van der Waals surface area (Å²) in [5.41, 5.74) is 1.70. The summed E-state index contributed by atoms with van der Waals surface area (Å²) in [6.07, 6.45) is 7.03. The van der Waals surface area contributed by atoms with Crippen molar-refractivity contribution in [1.82, 2.24) is 10.6 Å². The molecule has 1 unspecified atom stereocenters. The standard InChI is InChI=1S/C18H26N2O.ClH/c21-17(16-8-4-11-19-13-16)20-14-18(9-5-10-18)12-15-6-2-1-3-7-15;/h1-3,6-7,16,19H,4-5,8-14H2,(H,20,21);1H. The second-order valence-electron chi connectivity index (χ2n) is 6.78. The van der Waals surface area contributed by atoms with Crippen LogP contribution in [0.4, 0.5) is 0 Å². The van der Waals surface area contributed by atoms with E-state index in [-0.39, 0.29) is 24.2 Å². The number of carbonyl (C=O) groups is 1. The summed E-state index contributed by atoms with van der Waals surface area (Å²) in [5.74, 6) is 0.425. The van der Waals surface area contributed by atoms with Crippen LogP contribution < -0.4 is 10.6 Å². The van der Waals surface area contributed by atoms with Crippen LogP contribution in [0.1, 0.15) is 37.7 Å². The van der Waals surface area contributed by atoms with Crippen molar-refractivity contribution in [3.05, 3.63) is 35.9 Å². The molecule has 2 fully saturated rings. The molecule has 1 aromatic rings. The predicted octanol–water partition coefficient (Wildman–Crippen LogP) is 2.94. The fourth-order valence-electron chi connectivity index (χ4n) is 3.62. The van der Waals surface area contributed by atoms with Gasteiger partial charge in [0.2, 0.25) is 5.91 Å². The Balaban J connectivity index is 0.00000176. The third-order valence-corrected chi connectivity index (χ3v) is 5.14. The van der Waals surface area contributed by atoms with Gasteiger partial charge >= 0.3 is 0 Å². The van der Waals surface area contributed by atoms with E-state index in [1.807, 2.05) is 0 Å². The number of amides is 1.